The number of nitrogens with one attached hydrogen (secondary N) is 1. The molecule has 0 radical (unpaired) electrons. The number of hydrogen-bond acceptors (Lipinski definition) is 5. The van der Waals surface area contributed by atoms with Crippen LogP contribution in [0.3, 0.4) is 0 Å². The molecule has 2 aromatic rings. The molecule has 1 unspecified atom stereocenters. The van der Waals surface area contributed by atoms with Gasteiger partial charge in [0, 0.05) is 5.56 Å². The van der Waals surface area contributed by atoms with Gasteiger partial charge in [0.25, 0.3) is 15.8 Å². The van der Waals surface area contributed by atoms with Crippen LogP contribution in [0.25, 0.3) is 0 Å². The molecule has 0 saturated carbocycles. The lowest BCUT2D eigenvalue weighted by atomic mass is 9.91. The molecule has 2 aromatic carbocycles. The third-order valence-electron chi connectivity index (χ3n) is 3.84. The fraction of sp³-hybridized carbons (Fsp3) is 0.118. The highest BCUT2D eigenvalue weighted by Gasteiger charge is 2.50. The van der Waals surface area contributed by atoms with E-state index in [-0.39, 0.29) is 10.5 Å². The average molecular weight is 363 g/mol. The van der Waals surface area contributed by atoms with Gasteiger partial charge in [-0.1, -0.05) is 36.4 Å². The molecule has 0 amide bonds. The van der Waals surface area contributed by atoms with Gasteiger partial charge < -0.3 is 9.84 Å². The van der Waals surface area contributed by atoms with Gasteiger partial charge in [0.05, 0.1) is 4.90 Å². The third-order valence-corrected chi connectivity index (χ3v) is 5.18. The van der Waals surface area contributed by atoms with Crippen LogP contribution in [0.15, 0.2) is 71.1 Å². The Morgan fingerprint density at radius 1 is 1.08 bits per heavy atom. The first-order chi connectivity index (χ1) is 11.8. The first-order valence-electron chi connectivity index (χ1n) is 7.25. The summed E-state index contributed by atoms with van der Waals surface area (Å²) in [5.41, 5.74) is -1.98. The number of carbonyl (C=O) groups is 1. The van der Waals surface area contributed by atoms with Gasteiger partial charge in [-0.15, -0.1) is 0 Å². The highest BCUT2D eigenvalue weighted by molar-refractivity contribution is 7.89. The van der Waals surface area contributed by atoms with Crippen molar-refractivity contribution in [2.24, 2.45) is 0 Å². The third kappa shape index (κ3) is 2.85. The summed E-state index contributed by atoms with van der Waals surface area (Å²) >= 11 is 0. The zero-order chi connectivity index (χ0) is 18.2. The Hall–Kier alpha value is -2.87. The van der Waals surface area contributed by atoms with Gasteiger partial charge in [-0.3, -0.25) is 4.79 Å². The van der Waals surface area contributed by atoms with Crippen LogP contribution >= 0.6 is 0 Å². The highest BCUT2D eigenvalue weighted by Crippen LogP contribution is 2.38. The van der Waals surface area contributed by atoms with Crippen molar-refractivity contribution in [3.8, 4) is 0 Å². The maximum atomic E-state index is 14.0. The minimum Gasteiger partial charge on any atom is -0.501 e. The lowest BCUT2D eigenvalue weighted by Crippen LogP contribution is -2.33. The number of halogens is 1. The molecule has 25 heavy (non-hydrogen) atoms. The number of sulfonamides is 1. The fourth-order valence-corrected chi connectivity index (χ4v) is 3.52. The second-order valence-corrected chi connectivity index (χ2v) is 7.22. The van der Waals surface area contributed by atoms with Crippen LogP contribution in [0.2, 0.25) is 0 Å². The van der Waals surface area contributed by atoms with Crippen molar-refractivity contribution in [3.63, 3.8) is 0 Å². The Labute approximate surface area is 143 Å². The maximum Gasteiger partial charge on any atom is 0.264 e. The predicted molar refractivity (Wildman–Crippen MR) is 86.3 cm³/mol. The molecule has 0 fully saturated rings. The molecule has 0 aromatic heterocycles. The molecule has 8 heteroatoms. The number of benzene rings is 2. The number of rotatable bonds is 4. The molecule has 0 saturated heterocycles. The van der Waals surface area contributed by atoms with Crippen molar-refractivity contribution in [2.45, 2.75) is 17.4 Å². The summed E-state index contributed by atoms with van der Waals surface area (Å²) in [6.45, 7) is 1.26. The molecule has 0 spiro atoms. The molecular formula is C17H14FNO5S. The number of aliphatic hydroxyl groups excluding tert-OH is 1. The van der Waals surface area contributed by atoms with E-state index in [1.54, 1.807) is 6.07 Å². The van der Waals surface area contributed by atoms with Gasteiger partial charge in [0.2, 0.25) is 17.2 Å². The first-order valence-corrected chi connectivity index (χ1v) is 8.74. The van der Waals surface area contributed by atoms with Gasteiger partial charge in [-0.25, -0.2) is 17.5 Å². The van der Waals surface area contributed by atoms with Gasteiger partial charge in [-0.2, -0.15) is 0 Å². The largest absolute Gasteiger partial charge is 0.501 e. The van der Waals surface area contributed by atoms with E-state index < -0.39 is 38.9 Å². The number of ether oxygens (including phenoxy) is 1. The lowest BCUT2D eigenvalue weighted by molar-refractivity contribution is -0.132. The van der Waals surface area contributed by atoms with E-state index in [0.29, 0.717) is 0 Å². The molecule has 1 atom stereocenters. The summed E-state index contributed by atoms with van der Waals surface area (Å²) in [5, 5.41) is 10.0. The van der Waals surface area contributed by atoms with Gasteiger partial charge in [-0.05, 0) is 25.1 Å². The first kappa shape index (κ1) is 17.0. The molecule has 1 aliphatic rings. The van der Waals surface area contributed by atoms with Gasteiger partial charge in [0.1, 0.15) is 5.82 Å². The molecule has 0 aliphatic carbocycles. The summed E-state index contributed by atoms with van der Waals surface area (Å²) in [6, 6.07) is 12.8. The number of carbonyl (C=O) groups excluding carboxylic acids is 1. The zero-order valence-corrected chi connectivity index (χ0v) is 13.9. The number of aliphatic hydroxyl groups is 1. The number of Topliss-reactive ketones (excluding diaryl/α,β-unsaturated/α-hetero) is 1. The van der Waals surface area contributed by atoms with E-state index >= 15 is 0 Å². The SMILES string of the molecule is CC1(c2ccccc2F)OC(NS(=O)(=O)c2ccccc2)=C(O)C1=O. The number of hydrogen-bond donors (Lipinski definition) is 2. The molecule has 0 bridgehead atoms. The van der Waals surface area contributed by atoms with Crippen molar-refractivity contribution in [3.05, 3.63) is 77.6 Å². The lowest BCUT2D eigenvalue weighted by Gasteiger charge is -2.24. The molecule has 2 N–H and O–H groups in total. The van der Waals surface area contributed by atoms with Crippen molar-refractivity contribution in [2.75, 3.05) is 0 Å². The van der Waals surface area contributed by atoms with E-state index in [2.05, 4.69) is 0 Å². The molecule has 3 rings (SSSR count). The van der Waals surface area contributed by atoms with E-state index in [9.17, 15) is 22.7 Å². The molecule has 6 nitrogen and oxygen atoms in total. The van der Waals surface area contributed by atoms with Crippen LogP contribution in [0.4, 0.5) is 4.39 Å². The van der Waals surface area contributed by atoms with E-state index in [1.165, 1.54) is 49.4 Å². The van der Waals surface area contributed by atoms with Crippen LogP contribution < -0.4 is 4.72 Å². The molecule has 1 heterocycles. The summed E-state index contributed by atoms with van der Waals surface area (Å²) in [5.74, 6) is -3.20. The van der Waals surface area contributed by atoms with Crippen molar-refractivity contribution < 1.29 is 27.4 Å². The van der Waals surface area contributed by atoms with Crippen LogP contribution in [-0.4, -0.2) is 19.3 Å². The second kappa shape index (κ2) is 5.89. The van der Waals surface area contributed by atoms with Crippen LogP contribution in [-0.2, 0) is 25.2 Å². The Morgan fingerprint density at radius 3 is 2.32 bits per heavy atom. The smallest absolute Gasteiger partial charge is 0.264 e. The van der Waals surface area contributed by atoms with E-state index in [0.717, 1.165) is 6.07 Å². The Morgan fingerprint density at radius 2 is 1.68 bits per heavy atom. The van der Waals surface area contributed by atoms with Crippen LogP contribution in [0, 0.1) is 5.82 Å². The quantitative estimate of drug-likeness (QED) is 0.870. The van der Waals surface area contributed by atoms with Gasteiger partial charge in [0.15, 0.2) is 0 Å². The Bertz CT molecular complexity index is 972. The van der Waals surface area contributed by atoms with Gasteiger partial charge >= 0.3 is 0 Å². The second-order valence-electron chi connectivity index (χ2n) is 5.54. The number of ketones is 1. The predicted octanol–water partition coefficient (Wildman–Crippen LogP) is 2.35. The molecule has 130 valence electrons. The van der Waals surface area contributed by atoms with Crippen LogP contribution in [0.5, 0.6) is 0 Å². The zero-order valence-electron chi connectivity index (χ0n) is 13.1. The topological polar surface area (TPSA) is 92.7 Å². The van der Waals surface area contributed by atoms with Crippen molar-refractivity contribution in [1.82, 2.24) is 4.72 Å². The normalized spacial score (nSPS) is 20.5. The Balaban J connectivity index is 1.95. The summed E-state index contributed by atoms with van der Waals surface area (Å²) in [7, 11) is -4.08. The molecular weight excluding hydrogens is 349 g/mol. The monoisotopic (exact) mass is 363 g/mol. The molecule has 1 aliphatic heterocycles. The van der Waals surface area contributed by atoms with Crippen LogP contribution in [0.1, 0.15) is 12.5 Å². The summed E-state index contributed by atoms with van der Waals surface area (Å²) in [4.78, 5) is 12.3. The maximum absolute atomic E-state index is 14.0. The summed E-state index contributed by atoms with van der Waals surface area (Å²) in [6.07, 6.45) is 0. The Kier molecular flexibility index (Phi) is 4.00. The fourth-order valence-electron chi connectivity index (χ4n) is 2.50. The standard InChI is InChI=1S/C17H14FNO5S/c1-17(12-9-5-6-10-13(12)18)15(21)14(20)16(24-17)19-25(22,23)11-7-3-2-4-8-11/h2-10,19-20H,1H3. The summed E-state index contributed by atoms with van der Waals surface area (Å²) < 4.78 is 46.1. The highest BCUT2D eigenvalue weighted by atomic mass is 32.2. The minimum absolute atomic E-state index is 0.0779. The minimum atomic E-state index is -4.08. The van der Waals surface area contributed by atoms with E-state index in [4.69, 9.17) is 4.74 Å². The van der Waals surface area contributed by atoms with Crippen molar-refractivity contribution in [1.29, 1.82) is 0 Å². The average Bonchev–Trinajstić information content (AvgIpc) is 2.80. The van der Waals surface area contributed by atoms with E-state index in [1.807, 2.05) is 4.72 Å². The van der Waals surface area contributed by atoms with Crippen molar-refractivity contribution >= 4 is 15.8 Å².